The molecule has 0 unspecified atom stereocenters. The van der Waals surface area contributed by atoms with Crippen LogP contribution in [0, 0.1) is 0 Å². The van der Waals surface area contributed by atoms with E-state index in [1.165, 1.54) is 0 Å². The highest BCUT2D eigenvalue weighted by atomic mass is 32.2. The Morgan fingerprint density at radius 1 is 1.25 bits per heavy atom. The Labute approximate surface area is 98.5 Å². The Morgan fingerprint density at radius 2 is 1.75 bits per heavy atom. The third kappa shape index (κ3) is 3.43. The molecule has 1 rings (SSSR count). The lowest BCUT2D eigenvalue weighted by atomic mass is 9.98. The van der Waals surface area contributed by atoms with Gasteiger partial charge in [-0.2, -0.15) is 0 Å². The predicted octanol–water partition coefficient (Wildman–Crippen LogP) is 1.40. The van der Waals surface area contributed by atoms with Crippen molar-refractivity contribution in [1.82, 2.24) is 4.72 Å². The molecule has 0 heterocycles. The highest BCUT2D eigenvalue weighted by Crippen LogP contribution is 2.24. The van der Waals surface area contributed by atoms with Crippen LogP contribution in [-0.2, 0) is 10.0 Å². The van der Waals surface area contributed by atoms with E-state index in [-0.39, 0.29) is 11.8 Å². The molecular weight excluding hydrogens is 226 g/mol. The number of aliphatic hydroxyl groups is 1. The number of rotatable bonds is 6. The Balaban J connectivity index is 2.53. The summed E-state index contributed by atoms with van der Waals surface area (Å²) in [5, 5.41) is 9.76. The maximum Gasteiger partial charge on any atom is 0.214 e. The predicted molar refractivity (Wildman–Crippen MR) is 64.7 cm³/mol. The molecule has 2 N–H and O–H groups in total. The summed E-state index contributed by atoms with van der Waals surface area (Å²) in [4.78, 5) is 0. The fourth-order valence-corrected chi connectivity index (χ4v) is 3.71. The summed E-state index contributed by atoms with van der Waals surface area (Å²) < 4.78 is 26.3. The smallest absolute Gasteiger partial charge is 0.214 e. The average molecular weight is 249 g/mol. The van der Waals surface area contributed by atoms with Gasteiger partial charge in [0.05, 0.1) is 10.9 Å². The van der Waals surface area contributed by atoms with Gasteiger partial charge in [-0.1, -0.05) is 26.7 Å². The van der Waals surface area contributed by atoms with Gasteiger partial charge in [-0.05, 0) is 25.7 Å². The van der Waals surface area contributed by atoms with Crippen LogP contribution in [0.2, 0.25) is 0 Å². The van der Waals surface area contributed by atoms with Crippen LogP contribution >= 0.6 is 0 Å². The zero-order valence-corrected chi connectivity index (χ0v) is 11.0. The lowest BCUT2D eigenvalue weighted by Crippen LogP contribution is -2.44. The molecule has 1 aliphatic carbocycles. The summed E-state index contributed by atoms with van der Waals surface area (Å²) in [5.74, 6) is 0. The van der Waals surface area contributed by atoms with Crippen molar-refractivity contribution in [2.75, 3.05) is 6.54 Å². The van der Waals surface area contributed by atoms with Gasteiger partial charge in [-0.15, -0.1) is 0 Å². The molecule has 0 bridgehead atoms. The highest BCUT2D eigenvalue weighted by molar-refractivity contribution is 7.90. The summed E-state index contributed by atoms with van der Waals surface area (Å²) in [6, 6.07) is 0. The van der Waals surface area contributed by atoms with Crippen LogP contribution in [0.25, 0.3) is 0 Å². The molecule has 1 saturated carbocycles. The molecule has 1 aliphatic rings. The molecule has 1 fully saturated rings. The molecule has 96 valence electrons. The first-order chi connectivity index (χ1) is 7.43. The number of hydrogen-bond acceptors (Lipinski definition) is 3. The molecule has 0 radical (unpaired) electrons. The maximum atomic E-state index is 11.9. The Bertz CT molecular complexity index is 303. The van der Waals surface area contributed by atoms with Gasteiger partial charge in [0, 0.05) is 6.54 Å². The molecular formula is C11H23NO3S. The van der Waals surface area contributed by atoms with Crippen molar-refractivity contribution in [2.24, 2.45) is 0 Å². The first-order valence-electron chi connectivity index (χ1n) is 6.14. The minimum atomic E-state index is -3.22. The zero-order valence-electron chi connectivity index (χ0n) is 10.2. The molecule has 0 aromatic rings. The maximum absolute atomic E-state index is 11.9. The molecule has 0 aromatic carbocycles. The summed E-state index contributed by atoms with van der Waals surface area (Å²) >= 11 is 0. The van der Waals surface area contributed by atoms with E-state index in [9.17, 15) is 13.5 Å². The van der Waals surface area contributed by atoms with E-state index in [0.717, 1.165) is 25.7 Å². The van der Waals surface area contributed by atoms with Crippen LogP contribution in [0.5, 0.6) is 0 Å². The lowest BCUT2D eigenvalue weighted by molar-refractivity contribution is 0.0376. The molecule has 0 spiro atoms. The van der Waals surface area contributed by atoms with E-state index in [0.29, 0.717) is 12.8 Å². The third-order valence-electron chi connectivity index (χ3n) is 3.66. The van der Waals surface area contributed by atoms with Crippen LogP contribution < -0.4 is 4.72 Å². The standard InChI is InChI=1S/C11H23NO3S/c1-3-11(13,4-2)9-12-16(14,15)10-7-5-6-8-10/h10,12-13H,3-9H2,1-2H3. The zero-order chi connectivity index (χ0) is 12.2. The third-order valence-corrected chi connectivity index (χ3v) is 5.56. The van der Waals surface area contributed by atoms with Crippen LogP contribution in [0.1, 0.15) is 52.4 Å². The average Bonchev–Trinajstić information content (AvgIpc) is 2.80. The van der Waals surface area contributed by atoms with E-state index < -0.39 is 15.6 Å². The molecule has 0 aliphatic heterocycles. The fourth-order valence-electron chi connectivity index (χ4n) is 2.05. The van der Waals surface area contributed by atoms with E-state index in [1.807, 2.05) is 13.8 Å². The molecule has 5 heteroatoms. The van der Waals surface area contributed by atoms with Gasteiger partial charge >= 0.3 is 0 Å². The van der Waals surface area contributed by atoms with Crippen LogP contribution in [0.4, 0.5) is 0 Å². The summed E-state index contributed by atoms with van der Waals surface area (Å²) in [6.07, 6.45) is 4.64. The van der Waals surface area contributed by atoms with E-state index in [1.54, 1.807) is 0 Å². The second-order valence-electron chi connectivity index (χ2n) is 4.70. The molecule has 16 heavy (non-hydrogen) atoms. The molecule has 0 amide bonds. The molecule has 0 saturated heterocycles. The van der Waals surface area contributed by atoms with E-state index in [2.05, 4.69) is 4.72 Å². The second kappa shape index (κ2) is 5.47. The van der Waals surface area contributed by atoms with Crippen molar-refractivity contribution in [3.8, 4) is 0 Å². The second-order valence-corrected chi connectivity index (χ2v) is 6.75. The van der Waals surface area contributed by atoms with Crippen LogP contribution in [-0.4, -0.2) is 30.9 Å². The first-order valence-corrected chi connectivity index (χ1v) is 7.69. The van der Waals surface area contributed by atoms with Crippen molar-refractivity contribution >= 4 is 10.0 Å². The van der Waals surface area contributed by atoms with Crippen molar-refractivity contribution < 1.29 is 13.5 Å². The quantitative estimate of drug-likeness (QED) is 0.748. The SMILES string of the molecule is CCC(O)(CC)CNS(=O)(=O)C1CCCC1. The van der Waals surface area contributed by atoms with E-state index >= 15 is 0 Å². The van der Waals surface area contributed by atoms with Gasteiger partial charge in [0.25, 0.3) is 0 Å². The number of sulfonamides is 1. The van der Waals surface area contributed by atoms with Crippen molar-refractivity contribution in [2.45, 2.75) is 63.2 Å². The van der Waals surface area contributed by atoms with Crippen molar-refractivity contribution in [3.05, 3.63) is 0 Å². The Kier molecular flexibility index (Phi) is 4.76. The first kappa shape index (κ1) is 13.9. The number of hydrogen-bond donors (Lipinski definition) is 2. The fraction of sp³-hybridized carbons (Fsp3) is 1.00. The van der Waals surface area contributed by atoms with Gasteiger partial charge in [0.1, 0.15) is 0 Å². The molecule has 0 atom stereocenters. The van der Waals surface area contributed by atoms with Gasteiger partial charge in [0.15, 0.2) is 0 Å². The monoisotopic (exact) mass is 249 g/mol. The van der Waals surface area contributed by atoms with Gasteiger partial charge in [-0.3, -0.25) is 0 Å². The summed E-state index contributed by atoms with van der Waals surface area (Å²) in [5.41, 5.74) is -0.897. The largest absolute Gasteiger partial charge is 0.389 e. The summed E-state index contributed by atoms with van der Waals surface area (Å²) in [6.45, 7) is 3.87. The van der Waals surface area contributed by atoms with Crippen LogP contribution in [0.15, 0.2) is 0 Å². The van der Waals surface area contributed by atoms with Gasteiger partial charge in [0.2, 0.25) is 10.0 Å². The summed E-state index contributed by atoms with van der Waals surface area (Å²) in [7, 11) is -3.22. The molecule has 0 aromatic heterocycles. The van der Waals surface area contributed by atoms with E-state index in [4.69, 9.17) is 0 Å². The van der Waals surface area contributed by atoms with Gasteiger partial charge < -0.3 is 5.11 Å². The molecule has 4 nitrogen and oxygen atoms in total. The minimum absolute atomic E-state index is 0.138. The van der Waals surface area contributed by atoms with Crippen molar-refractivity contribution in [3.63, 3.8) is 0 Å². The minimum Gasteiger partial charge on any atom is -0.389 e. The number of nitrogens with one attached hydrogen (secondary N) is 1. The topological polar surface area (TPSA) is 66.4 Å². The normalized spacial score (nSPS) is 19.2. The van der Waals surface area contributed by atoms with Crippen molar-refractivity contribution in [1.29, 1.82) is 0 Å². The van der Waals surface area contributed by atoms with Crippen LogP contribution in [0.3, 0.4) is 0 Å². The Hall–Kier alpha value is -0.130. The van der Waals surface area contributed by atoms with Gasteiger partial charge in [-0.25, -0.2) is 13.1 Å². The Morgan fingerprint density at radius 3 is 2.19 bits per heavy atom. The highest BCUT2D eigenvalue weighted by Gasteiger charge is 2.31. The lowest BCUT2D eigenvalue weighted by Gasteiger charge is -2.26.